The van der Waals surface area contributed by atoms with Crippen molar-refractivity contribution in [2.24, 2.45) is 0 Å². The lowest BCUT2D eigenvalue weighted by Crippen LogP contribution is -2.56. The molecule has 2 aliphatic rings. The maximum Gasteiger partial charge on any atom is 0.250 e. The number of piperidine rings is 1. The van der Waals surface area contributed by atoms with Gasteiger partial charge in [-0.25, -0.2) is 4.98 Å². The third-order valence-electron chi connectivity index (χ3n) is 6.11. The fourth-order valence-electron chi connectivity index (χ4n) is 4.73. The first-order chi connectivity index (χ1) is 13.3. The number of H-pyrrole nitrogens is 1. The quantitative estimate of drug-likeness (QED) is 0.763. The number of likely N-dealkylation sites (N-methyl/N-ethyl adjacent to an activating group) is 1. The zero-order chi connectivity index (χ0) is 18.3. The standard InChI is InChI=1S/C19H24N8/c1-2-26-11-8-16-17(21-14-20-16)19(26)9-12-25(13-10-19)18-22-23-24-27(18)15-6-4-3-5-7-15/h3-7,14H,2,8-13H2,1H3,(H,20,21). The van der Waals surface area contributed by atoms with Crippen molar-refractivity contribution in [3.05, 3.63) is 48.0 Å². The molecule has 0 unspecified atom stereocenters. The van der Waals surface area contributed by atoms with Crippen molar-refractivity contribution in [2.45, 2.75) is 31.7 Å². The van der Waals surface area contributed by atoms with Crippen LogP contribution in [0.4, 0.5) is 5.95 Å². The van der Waals surface area contributed by atoms with Crippen molar-refractivity contribution < 1.29 is 0 Å². The van der Waals surface area contributed by atoms with Gasteiger partial charge >= 0.3 is 0 Å². The highest BCUT2D eigenvalue weighted by molar-refractivity contribution is 5.42. The van der Waals surface area contributed by atoms with Crippen molar-refractivity contribution in [1.29, 1.82) is 0 Å². The van der Waals surface area contributed by atoms with E-state index in [-0.39, 0.29) is 5.54 Å². The number of benzene rings is 1. The van der Waals surface area contributed by atoms with E-state index in [2.05, 4.69) is 37.2 Å². The van der Waals surface area contributed by atoms with Crippen LogP contribution in [0.25, 0.3) is 5.69 Å². The lowest BCUT2D eigenvalue weighted by atomic mass is 9.79. The Kier molecular flexibility index (Phi) is 3.93. The van der Waals surface area contributed by atoms with Gasteiger partial charge in [-0.1, -0.05) is 30.2 Å². The summed E-state index contributed by atoms with van der Waals surface area (Å²) in [6.07, 6.45) is 4.97. The average Bonchev–Trinajstić information content (AvgIpc) is 3.40. The molecule has 4 heterocycles. The molecule has 8 nitrogen and oxygen atoms in total. The van der Waals surface area contributed by atoms with Crippen LogP contribution in [0.3, 0.4) is 0 Å². The van der Waals surface area contributed by atoms with Crippen LogP contribution in [0, 0.1) is 0 Å². The third-order valence-corrected chi connectivity index (χ3v) is 6.11. The van der Waals surface area contributed by atoms with Crippen LogP contribution in [0.1, 0.15) is 31.2 Å². The second-order valence-corrected chi connectivity index (χ2v) is 7.30. The SMILES string of the molecule is CCN1CCc2[nH]cnc2C12CCN(c1nnnn1-c1ccccc1)CC2. The summed E-state index contributed by atoms with van der Waals surface area (Å²) in [5.41, 5.74) is 3.57. The average molecular weight is 364 g/mol. The van der Waals surface area contributed by atoms with Crippen LogP contribution in [0.2, 0.25) is 0 Å². The van der Waals surface area contributed by atoms with E-state index in [1.54, 1.807) is 0 Å². The number of tetrazole rings is 1. The summed E-state index contributed by atoms with van der Waals surface area (Å²) in [7, 11) is 0. The fourth-order valence-corrected chi connectivity index (χ4v) is 4.73. The largest absolute Gasteiger partial charge is 0.348 e. The molecule has 0 bridgehead atoms. The topological polar surface area (TPSA) is 78.8 Å². The molecule has 3 aromatic rings. The predicted molar refractivity (Wildman–Crippen MR) is 102 cm³/mol. The van der Waals surface area contributed by atoms with E-state index in [0.29, 0.717) is 0 Å². The molecule has 0 amide bonds. The zero-order valence-corrected chi connectivity index (χ0v) is 15.5. The summed E-state index contributed by atoms with van der Waals surface area (Å²) < 4.78 is 1.83. The molecule has 8 heteroatoms. The van der Waals surface area contributed by atoms with Crippen LogP contribution in [-0.4, -0.2) is 61.3 Å². The van der Waals surface area contributed by atoms with Gasteiger partial charge in [0.25, 0.3) is 0 Å². The maximum atomic E-state index is 4.72. The molecule has 5 rings (SSSR count). The van der Waals surface area contributed by atoms with Gasteiger partial charge < -0.3 is 9.88 Å². The van der Waals surface area contributed by atoms with Gasteiger partial charge in [0.05, 0.1) is 23.2 Å². The Morgan fingerprint density at radius 3 is 2.70 bits per heavy atom. The van der Waals surface area contributed by atoms with Crippen LogP contribution in [0.15, 0.2) is 36.7 Å². The van der Waals surface area contributed by atoms with E-state index in [9.17, 15) is 0 Å². The highest BCUT2D eigenvalue weighted by atomic mass is 15.6. The Balaban J connectivity index is 1.43. The number of aromatic amines is 1. The van der Waals surface area contributed by atoms with E-state index in [1.165, 1.54) is 11.4 Å². The first-order valence-corrected chi connectivity index (χ1v) is 9.68. The van der Waals surface area contributed by atoms with Crippen molar-refractivity contribution in [1.82, 2.24) is 35.1 Å². The highest BCUT2D eigenvalue weighted by Crippen LogP contribution is 2.42. The number of nitrogens with one attached hydrogen (secondary N) is 1. The van der Waals surface area contributed by atoms with Gasteiger partial charge in [-0.3, -0.25) is 4.90 Å². The molecule has 27 heavy (non-hydrogen) atoms. The van der Waals surface area contributed by atoms with Gasteiger partial charge in [0, 0.05) is 31.7 Å². The number of aromatic nitrogens is 6. The van der Waals surface area contributed by atoms with Gasteiger partial charge in [-0.05, 0) is 41.9 Å². The van der Waals surface area contributed by atoms with E-state index in [0.717, 1.165) is 57.1 Å². The highest BCUT2D eigenvalue weighted by Gasteiger charge is 2.46. The molecule has 1 spiro atoms. The summed E-state index contributed by atoms with van der Waals surface area (Å²) in [5.74, 6) is 0.817. The molecule has 0 aliphatic carbocycles. The minimum absolute atomic E-state index is 0.0316. The Morgan fingerprint density at radius 1 is 1.11 bits per heavy atom. The Morgan fingerprint density at radius 2 is 1.93 bits per heavy atom. The van der Waals surface area contributed by atoms with Crippen LogP contribution >= 0.6 is 0 Å². The molecule has 1 fully saturated rings. The van der Waals surface area contributed by atoms with Gasteiger partial charge in [-0.15, -0.1) is 0 Å². The lowest BCUT2D eigenvalue weighted by molar-refractivity contribution is 0.0494. The molecular weight excluding hydrogens is 340 g/mol. The monoisotopic (exact) mass is 364 g/mol. The number of hydrogen-bond acceptors (Lipinski definition) is 6. The molecule has 1 N–H and O–H groups in total. The van der Waals surface area contributed by atoms with Gasteiger partial charge in [0.2, 0.25) is 5.95 Å². The first-order valence-electron chi connectivity index (χ1n) is 9.68. The van der Waals surface area contributed by atoms with Gasteiger partial charge in [-0.2, -0.15) is 4.68 Å². The lowest BCUT2D eigenvalue weighted by Gasteiger charge is -2.50. The van der Waals surface area contributed by atoms with E-state index in [1.807, 2.05) is 41.3 Å². The summed E-state index contributed by atoms with van der Waals surface area (Å²) in [5, 5.41) is 12.5. The molecule has 1 aromatic carbocycles. The van der Waals surface area contributed by atoms with Crippen molar-refractivity contribution in [2.75, 3.05) is 31.1 Å². The number of nitrogens with zero attached hydrogens (tertiary/aromatic N) is 7. The van der Waals surface area contributed by atoms with Crippen LogP contribution in [-0.2, 0) is 12.0 Å². The molecule has 0 atom stereocenters. The second-order valence-electron chi connectivity index (χ2n) is 7.30. The van der Waals surface area contributed by atoms with Gasteiger partial charge in [0.15, 0.2) is 0 Å². The number of para-hydroxylation sites is 1. The minimum atomic E-state index is 0.0316. The predicted octanol–water partition coefficient (Wildman–Crippen LogP) is 1.76. The fraction of sp³-hybridized carbons (Fsp3) is 0.474. The number of hydrogen-bond donors (Lipinski definition) is 1. The second kappa shape index (κ2) is 6.45. The first kappa shape index (κ1) is 16.4. The number of fused-ring (bicyclic) bond motifs is 2. The Labute approximate surface area is 158 Å². The normalized spacial score (nSPS) is 19.4. The maximum absolute atomic E-state index is 4.72. The van der Waals surface area contributed by atoms with E-state index >= 15 is 0 Å². The molecule has 1 saturated heterocycles. The Bertz CT molecular complexity index is 907. The molecule has 140 valence electrons. The molecule has 0 saturated carbocycles. The van der Waals surface area contributed by atoms with Crippen LogP contribution in [0.5, 0.6) is 0 Å². The van der Waals surface area contributed by atoms with Crippen molar-refractivity contribution in [3.63, 3.8) is 0 Å². The summed E-state index contributed by atoms with van der Waals surface area (Å²) >= 11 is 0. The number of anilines is 1. The summed E-state index contributed by atoms with van der Waals surface area (Å²) in [4.78, 5) is 13.0. The number of imidazole rings is 1. The molecule has 2 aliphatic heterocycles. The molecule has 0 radical (unpaired) electrons. The summed E-state index contributed by atoms with van der Waals surface area (Å²) in [6, 6.07) is 10.1. The Hall–Kier alpha value is -2.74. The molecule has 2 aromatic heterocycles. The minimum Gasteiger partial charge on any atom is -0.348 e. The zero-order valence-electron chi connectivity index (χ0n) is 15.5. The van der Waals surface area contributed by atoms with E-state index in [4.69, 9.17) is 4.98 Å². The van der Waals surface area contributed by atoms with Gasteiger partial charge in [0.1, 0.15) is 0 Å². The third kappa shape index (κ3) is 2.55. The van der Waals surface area contributed by atoms with Crippen molar-refractivity contribution >= 4 is 5.95 Å². The molecular formula is C19H24N8. The van der Waals surface area contributed by atoms with Crippen molar-refractivity contribution in [3.8, 4) is 5.69 Å². The number of rotatable bonds is 3. The summed E-state index contributed by atoms with van der Waals surface area (Å²) in [6.45, 7) is 6.22. The van der Waals surface area contributed by atoms with E-state index < -0.39 is 0 Å². The smallest absolute Gasteiger partial charge is 0.250 e. The van der Waals surface area contributed by atoms with Crippen LogP contribution < -0.4 is 4.90 Å².